The average molecular weight is 396 g/mol. The van der Waals surface area contributed by atoms with Crippen molar-refractivity contribution in [3.05, 3.63) is 54.6 Å². The Morgan fingerprint density at radius 3 is 2.38 bits per heavy atom. The highest BCUT2D eigenvalue weighted by Gasteiger charge is 2.32. The number of rotatable bonds is 6. The van der Waals surface area contributed by atoms with Crippen molar-refractivity contribution in [2.24, 2.45) is 0 Å². The number of hydrogen-bond donors (Lipinski definition) is 3. The molecule has 1 aliphatic rings. The van der Waals surface area contributed by atoms with Gasteiger partial charge in [0.1, 0.15) is 5.75 Å². The Hall–Kier alpha value is -3.39. The predicted octanol–water partition coefficient (Wildman–Crippen LogP) is 2.45. The fourth-order valence-electron chi connectivity index (χ4n) is 3.25. The van der Waals surface area contributed by atoms with Gasteiger partial charge in [0.25, 0.3) is 0 Å². The van der Waals surface area contributed by atoms with Crippen LogP contribution >= 0.6 is 0 Å². The summed E-state index contributed by atoms with van der Waals surface area (Å²) >= 11 is 0. The van der Waals surface area contributed by atoms with E-state index in [9.17, 15) is 14.4 Å². The molecule has 4 amide bonds. The highest BCUT2D eigenvalue weighted by molar-refractivity contribution is 6.02. The van der Waals surface area contributed by atoms with Gasteiger partial charge in [0.05, 0.1) is 19.7 Å². The Morgan fingerprint density at radius 1 is 1.00 bits per heavy atom. The first-order valence-electron chi connectivity index (χ1n) is 9.40. The number of carbonyl (C=O) groups excluding carboxylic acids is 3. The fourth-order valence-corrected chi connectivity index (χ4v) is 3.25. The van der Waals surface area contributed by atoms with E-state index in [1.807, 2.05) is 6.07 Å². The lowest BCUT2D eigenvalue weighted by Crippen LogP contribution is -2.46. The minimum absolute atomic E-state index is 0.0249. The number of carbonyl (C=O) groups is 3. The van der Waals surface area contributed by atoms with Crippen LogP contribution in [0.4, 0.5) is 16.2 Å². The van der Waals surface area contributed by atoms with Gasteiger partial charge in [-0.3, -0.25) is 19.8 Å². The maximum Gasteiger partial charge on any atom is 0.325 e. The predicted molar refractivity (Wildman–Crippen MR) is 110 cm³/mol. The lowest BCUT2D eigenvalue weighted by Gasteiger charge is -2.23. The average Bonchev–Trinajstić information content (AvgIpc) is 3.17. The lowest BCUT2D eigenvalue weighted by molar-refractivity contribution is -0.124. The standard InChI is InChI=1S/C21H24N4O4/c1-29-17-11-9-16(10-12-17)22-20(27)18-8-5-13-25(18)14-19(26)24-21(28)23-15-6-3-2-4-7-15/h2-4,6-7,9-12,18H,5,8,13-14H2,1H3,(H,22,27)(H2,23,24,26,28). The number of anilines is 2. The fraction of sp³-hybridized carbons (Fsp3) is 0.286. The van der Waals surface area contributed by atoms with Gasteiger partial charge in [0.2, 0.25) is 11.8 Å². The topological polar surface area (TPSA) is 99.8 Å². The van der Waals surface area contributed by atoms with E-state index >= 15 is 0 Å². The maximum absolute atomic E-state index is 12.6. The van der Waals surface area contributed by atoms with Crippen LogP contribution in [0.5, 0.6) is 5.75 Å². The zero-order chi connectivity index (χ0) is 20.6. The zero-order valence-corrected chi connectivity index (χ0v) is 16.2. The Morgan fingerprint density at radius 2 is 1.69 bits per heavy atom. The molecule has 1 heterocycles. The molecule has 0 aliphatic carbocycles. The van der Waals surface area contributed by atoms with Crippen LogP contribution in [0, 0.1) is 0 Å². The summed E-state index contributed by atoms with van der Waals surface area (Å²) in [6.45, 7) is 0.595. The number of amides is 4. The highest BCUT2D eigenvalue weighted by Crippen LogP contribution is 2.20. The number of benzene rings is 2. The summed E-state index contributed by atoms with van der Waals surface area (Å²) in [5.74, 6) is 0.0766. The van der Waals surface area contributed by atoms with Crippen molar-refractivity contribution in [1.29, 1.82) is 0 Å². The Bertz CT molecular complexity index is 855. The summed E-state index contributed by atoms with van der Waals surface area (Å²) in [5, 5.41) is 7.76. The van der Waals surface area contributed by atoms with Crippen molar-refractivity contribution in [2.45, 2.75) is 18.9 Å². The van der Waals surface area contributed by atoms with Gasteiger partial charge < -0.3 is 15.4 Å². The normalized spacial score (nSPS) is 16.1. The van der Waals surface area contributed by atoms with Gasteiger partial charge in [-0.1, -0.05) is 18.2 Å². The summed E-state index contributed by atoms with van der Waals surface area (Å²) in [6, 6.07) is 14.9. The lowest BCUT2D eigenvalue weighted by atomic mass is 10.2. The molecular formula is C21H24N4O4. The van der Waals surface area contributed by atoms with E-state index in [-0.39, 0.29) is 12.5 Å². The third-order valence-corrected chi connectivity index (χ3v) is 4.66. The first-order valence-corrected chi connectivity index (χ1v) is 9.40. The summed E-state index contributed by atoms with van der Waals surface area (Å²) in [5.41, 5.74) is 1.25. The molecule has 8 nitrogen and oxygen atoms in total. The van der Waals surface area contributed by atoms with Crippen molar-refractivity contribution in [3.8, 4) is 5.75 Å². The molecule has 1 fully saturated rings. The molecular weight excluding hydrogens is 372 g/mol. The van der Waals surface area contributed by atoms with Crippen LogP contribution in [-0.4, -0.2) is 49.0 Å². The van der Waals surface area contributed by atoms with Crippen LogP contribution in [0.3, 0.4) is 0 Å². The van der Waals surface area contributed by atoms with Gasteiger partial charge in [-0.2, -0.15) is 0 Å². The molecule has 1 aliphatic heterocycles. The monoisotopic (exact) mass is 396 g/mol. The zero-order valence-electron chi connectivity index (χ0n) is 16.2. The summed E-state index contributed by atoms with van der Waals surface area (Å²) < 4.78 is 5.11. The largest absolute Gasteiger partial charge is 0.497 e. The highest BCUT2D eigenvalue weighted by atomic mass is 16.5. The summed E-state index contributed by atoms with van der Waals surface area (Å²) in [4.78, 5) is 38.6. The van der Waals surface area contributed by atoms with Crippen molar-refractivity contribution >= 4 is 29.2 Å². The van der Waals surface area contributed by atoms with E-state index < -0.39 is 18.0 Å². The minimum Gasteiger partial charge on any atom is -0.497 e. The molecule has 0 spiro atoms. The van der Waals surface area contributed by atoms with Gasteiger partial charge in [0, 0.05) is 11.4 Å². The molecule has 1 atom stereocenters. The molecule has 0 bridgehead atoms. The number of nitrogens with zero attached hydrogens (tertiary/aromatic N) is 1. The molecule has 0 saturated carbocycles. The second-order valence-electron chi connectivity index (χ2n) is 6.71. The van der Waals surface area contributed by atoms with E-state index in [4.69, 9.17) is 4.74 Å². The number of methoxy groups -OCH3 is 1. The molecule has 29 heavy (non-hydrogen) atoms. The van der Waals surface area contributed by atoms with Crippen molar-refractivity contribution in [3.63, 3.8) is 0 Å². The number of ether oxygens (including phenoxy) is 1. The molecule has 1 unspecified atom stereocenters. The maximum atomic E-state index is 12.6. The van der Waals surface area contributed by atoms with E-state index in [1.54, 1.807) is 60.5 Å². The quantitative estimate of drug-likeness (QED) is 0.697. The van der Waals surface area contributed by atoms with Gasteiger partial charge in [-0.05, 0) is 55.8 Å². The number of urea groups is 1. The third kappa shape index (κ3) is 5.79. The molecule has 2 aromatic rings. The number of para-hydroxylation sites is 1. The third-order valence-electron chi connectivity index (χ3n) is 4.66. The van der Waals surface area contributed by atoms with E-state index in [2.05, 4.69) is 16.0 Å². The van der Waals surface area contributed by atoms with E-state index in [0.717, 1.165) is 6.42 Å². The second kappa shape index (κ2) is 9.70. The molecule has 0 radical (unpaired) electrons. The van der Waals surface area contributed by atoms with Crippen molar-refractivity contribution < 1.29 is 19.1 Å². The SMILES string of the molecule is COc1ccc(NC(=O)C2CCCN2CC(=O)NC(=O)Nc2ccccc2)cc1. The minimum atomic E-state index is -0.598. The summed E-state index contributed by atoms with van der Waals surface area (Å²) in [7, 11) is 1.58. The van der Waals surface area contributed by atoms with Crippen molar-refractivity contribution in [2.75, 3.05) is 30.8 Å². The first kappa shape index (κ1) is 20.3. The Kier molecular flexibility index (Phi) is 6.80. The van der Waals surface area contributed by atoms with Gasteiger partial charge in [0.15, 0.2) is 0 Å². The Labute approximate surface area is 169 Å². The molecule has 3 rings (SSSR count). The summed E-state index contributed by atoms with van der Waals surface area (Å²) in [6.07, 6.45) is 1.47. The van der Waals surface area contributed by atoms with Crippen LogP contribution < -0.4 is 20.7 Å². The van der Waals surface area contributed by atoms with Crippen LogP contribution in [0.1, 0.15) is 12.8 Å². The van der Waals surface area contributed by atoms with Crippen molar-refractivity contribution in [1.82, 2.24) is 10.2 Å². The first-order chi connectivity index (χ1) is 14.0. The van der Waals surface area contributed by atoms with E-state index in [1.165, 1.54) is 0 Å². The second-order valence-corrected chi connectivity index (χ2v) is 6.71. The van der Waals surface area contributed by atoms with Crippen LogP contribution in [0.2, 0.25) is 0 Å². The molecule has 1 saturated heterocycles. The van der Waals surface area contributed by atoms with E-state index in [0.29, 0.717) is 30.1 Å². The molecule has 0 aromatic heterocycles. The van der Waals surface area contributed by atoms with Gasteiger partial charge in [-0.15, -0.1) is 0 Å². The molecule has 2 aromatic carbocycles. The number of imide groups is 1. The van der Waals surface area contributed by atoms with Gasteiger partial charge >= 0.3 is 6.03 Å². The number of likely N-dealkylation sites (tertiary alicyclic amines) is 1. The number of hydrogen-bond acceptors (Lipinski definition) is 5. The van der Waals surface area contributed by atoms with Crippen LogP contribution in [-0.2, 0) is 9.59 Å². The Balaban J connectivity index is 1.50. The molecule has 152 valence electrons. The number of nitrogens with one attached hydrogen (secondary N) is 3. The van der Waals surface area contributed by atoms with Crippen LogP contribution in [0.15, 0.2) is 54.6 Å². The molecule has 8 heteroatoms. The van der Waals surface area contributed by atoms with Gasteiger partial charge in [-0.25, -0.2) is 4.79 Å². The molecule has 3 N–H and O–H groups in total. The smallest absolute Gasteiger partial charge is 0.325 e. The van der Waals surface area contributed by atoms with Crippen LogP contribution in [0.25, 0.3) is 0 Å².